The zero-order valence-corrected chi connectivity index (χ0v) is 15.9. The molecule has 2 aromatic carbocycles. The Hall–Kier alpha value is -2.92. The molecule has 2 fully saturated rings. The van der Waals surface area contributed by atoms with Crippen LogP contribution in [0.1, 0.15) is 11.1 Å². The lowest BCUT2D eigenvalue weighted by molar-refractivity contribution is 0.266. The molecule has 140 valence electrons. The maximum absolute atomic E-state index is 9.93. The zero-order valence-electron chi connectivity index (χ0n) is 15.9. The van der Waals surface area contributed by atoms with E-state index in [0.717, 1.165) is 26.2 Å². The van der Waals surface area contributed by atoms with Crippen molar-refractivity contribution in [2.24, 2.45) is 11.8 Å². The molecule has 0 N–H and O–H groups in total. The average molecular weight is 368 g/mol. The fourth-order valence-corrected chi connectivity index (χ4v) is 4.49. The Morgan fingerprint density at radius 3 is 2.04 bits per heavy atom. The lowest BCUT2D eigenvalue weighted by Crippen LogP contribution is -2.30. The van der Waals surface area contributed by atoms with Crippen molar-refractivity contribution in [3.05, 3.63) is 83.9 Å². The highest BCUT2D eigenvalue weighted by atomic mass is 15.3. The van der Waals surface area contributed by atoms with E-state index in [1.807, 2.05) is 30.3 Å². The van der Waals surface area contributed by atoms with Crippen molar-refractivity contribution < 1.29 is 0 Å². The average Bonchev–Trinajstić information content (AvgIpc) is 3.40. The molecule has 0 aromatic heterocycles. The third-order valence-corrected chi connectivity index (χ3v) is 5.92. The van der Waals surface area contributed by atoms with Crippen LogP contribution in [0.2, 0.25) is 0 Å². The van der Waals surface area contributed by atoms with Gasteiger partial charge in [-0.05, 0) is 11.1 Å². The molecule has 2 aliphatic rings. The van der Waals surface area contributed by atoms with E-state index in [4.69, 9.17) is 5.26 Å². The highest BCUT2D eigenvalue weighted by Crippen LogP contribution is 2.41. The summed E-state index contributed by atoms with van der Waals surface area (Å²) in [4.78, 5) is 4.82. The Labute approximate surface area is 166 Å². The summed E-state index contributed by atoms with van der Waals surface area (Å²) in [6.45, 7) is 3.69. The Bertz CT molecular complexity index is 894. The molecule has 5 atom stereocenters. The molecule has 2 saturated heterocycles. The van der Waals surface area contributed by atoms with Crippen LogP contribution >= 0.6 is 0 Å². The molecular formula is C24H24N4. The molecule has 4 rings (SSSR count). The molecule has 0 spiro atoms. The van der Waals surface area contributed by atoms with Gasteiger partial charge < -0.3 is 0 Å². The summed E-state index contributed by atoms with van der Waals surface area (Å²) in [6, 6.07) is 26.0. The number of nitriles is 2. The quantitative estimate of drug-likeness (QED) is 0.578. The number of benzene rings is 2. The van der Waals surface area contributed by atoms with Crippen LogP contribution in [0.4, 0.5) is 0 Å². The molecule has 2 aromatic rings. The summed E-state index contributed by atoms with van der Waals surface area (Å²) in [5.41, 5.74) is 2.56. The van der Waals surface area contributed by atoms with E-state index >= 15 is 0 Å². The smallest absolute Gasteiger partial charge is 0.0909 e. The topological polar surface area (TPSA) is 53.8 Å². The van der Waals surface area contributed by atoms with Gasteiger partial charge in [0.15, 0.2) is 0 Å². The van der Waals surface area contributed by atoms with Crippen molar-refractivity contribution in [1.82, 2.24) is 9.80 Å². The molecule has 4 heteroatoms. The molecule has 1 unspecified atom stereocenters. The van der Waals surface area contributed by atoms with Crippen LogP contribution < -0.4 is 0 Å². The van der Waals surface area contributed by atoms with E-state index in [-0.39, 0.29) is 12.0 Å². The van der Waals surface area contributed by atoms with Crippen LogP contribution in [0.5, 0.6) is 0 Å². The highest BCUT2D eigenvalue weighted by Gasteiger charge is 2.51. The molecule has 0 amide bonds. The van der Waals surface area contributed by atoms with Crippen LogP contribution in [0.3, 0.4) is 0 Å². The minimum atomic E-state index is -0.0842. The van der Waals surface area contributed by atoms with Crippen molar-refractivity contribution in [3.8, 4) is 12.1 Å². The summed E-state index contributed by atoms with van der Waals surface area (Å²) in [7, 11) is 0. The van der Waals surface area contributed by atoms with Crippen molar-refractivity contribution in [2.45, 2.75) is 25.2 Å². The summed E-state index contributed by atoms with van der Waals surface area (Å²) in [5.74, 6) is 0.227. The Morgan fingerprint density at radius 2 is 1.46 bits per heavy atom. The summed E-state index contributed by atoms with van der Waals surface area (Å²) < 4.78 is 0. The van der Waals surface area contributed by atoms with Crippen molar-refractivity contribution >= 4 is 0 Å². The van der Waals surface area contributed by atoms with Gasteiger partial charge in [0.25, 0.3) is 0 Å². The van der Waals surface area contributed by atoms with Crippen LogP contribution in [-0.2, 0) is 13.1 Å². The van der Waals surface area contributed by atoms with Gasteiger partial charge in [-0.15, -0.1) is 0 Å². The molecule has 2 heterocycles. The molecule has 0 aliphatic carbocycles. The van der Waals surface area contributed by atoms with Gasteiger partial charge in [-0.3, -0.25) is 9.80 Å². The summed E-state index contributed by atoms with van der Waals surface area (Å²) in [5, 5.41) is 18.9. The monoisotopic (exact) mass is 368 g/mol. The number of hydrogen-bond acceptors (Lipinski definition) is 4. The van der Waals surface area contributed by atoms with Gasteiger partial charge in [0.2, 0.25) is 0 Å². The predicted octanol–water partition coefficient (Wildman–Crippen LogP) is 3.59. The molecule has 2 aliphatic heterocycles. The summed E-state index contributed by atoms with van der Waals surface area (Å²) >= 11 is 0. The van der Waals surface area contributed by atoms with E-state index in [0.29, 0.717) is 12.0 Å². The van der Waals surface area contributed by atoms with Gasteiger partial charge in [0.05, 0.1) is 18.1 Å². The van der Waals surface area contributed by atoms with E-state index in [9.17, 15) is 5.26 Å². The van der Waals surface area contributed by atoms with Gasteiger partial charge in [-0.25, -0.2) is 0 Å². The molecular weight excluding hydrogens is 344 g/mol. The Kier molecular flexibility index (Phi) is 5.53. The largest absolute Gasteiger partial charge is 0.293 e. The SMILES string of the molecule is N#C/C=C\[C@H]1[C@@H](C#N)[C@@H]([C@@H]2CN2Cc2ccccc2)CN1Cc1ccccc1. The first kappa shape index (κ1) is 18.4. The van der Waals surface area contributed by atoms with Crippen LogP contribution in [0.25, 0.3) is 0 Å². The number of likely N-dealkylation sites (tertiary alicyclic amines) is 1. The third kappa shape index (κ3) is 3.99. The minimum Gasteiger partial charge on any atom is -0.293 e. The highest BCUT2D eigenvalue weighted by molar-refractivity contribution is 5.22. The van der Waals surface area contributed by atoms with Gasteiger partial charge in [0.1, 0.15) is 0 Å². The lowest BCUT2D eigenvalue weighted by atomic mass is 9.89. The molecule has 0 saturated carbocycles. The van der Waals surface area contributed by atoms with Crippen LogP contribution in [-0.4, -0.2) is 35.0 Å². The van der Waals surface area contributed by atoms with Crippen molar-refractivity contribution in [3.63, 3.8) is 0 Å². The van der Waals surface area contributed by atoms with E-state index in [1.165, 1.54) is 17.2 Å². The minimum absolute atomic E-state index is 0.00553. The third-order valence-electron chi connectivity index (χ3n) is 5.92. The van der Waals surface area contributed by atoms with Crippen LogP contribution in [0.15, 0.2) is 72.8 Å². The summed E-state index contributed by atoms with van der Waals surface area (Å²) in [6.07, 6.45) is 3.45. The lowest BCUT2D eigenvalue weighted by Gasteiger charge is -2.22. The Morgan fingerprint density at radius 1 is 0.857 bits per heavy atom. The van der Waals surface area contributed by atoms with Gasteiger partial charge >= 0.3 is 0 Å². The zero-order chi connectivity index (χ0) is 19.3. The maximum atomic E-state index is 9.93. The number of hydrogen-bond donors (Lipinski definition) is 0. The molecule has 0 bridgehead atoms. The van der Waals surface area contributed by atoms with Crippen LogP contribution in [0, 0.1) is 34.5 Å². The second-order valence-corrected chi connectivity index (χ2v) is 7.69. The van der Waals surface area contributed by atoms with E-state index in [2.05, 4.69) is 58.3 Å². The van der Waals surface area contributed by atoms with Crippen molar-refractivity contribution in [2.75, 3.05) is 13.1 Å². The molecule has 0 radical (unpaired) electrons. The van der Waals surface area contributed by atoms with E-state index in [1.54, 1.807) is 0 Å². The second-order valence-electron chi connectivity index (χ2n) is 7.69. The first-order chi connectivity index (χ1) is 13.8. The fourth-order valence-electron chi connectivity index (χ4n) is 4.49. The molecule has 28 heavy (non-hydrogen) atoms. The fraction of sp³-hybridized carbons (Fsp3) is 0.333. The first-order valence-corrected chi connectivity index (χ1v) is 9.82. The maximum Gasteiger partial charge on any atom is 0.0909 e. The van der Waals surface area contributed by atoms with Gasteiger partial charge in [0, 0.05) is 50.3 Å². The van der Waals surface area contributed by atoms with Gasteiger partial charge in [-0.1, -0.05) is 66.7 Å². The second kappa shape index (κ2) is 8.40. The Balaban J connectivity index is 1.49. The number of nitrogens with zero attached hydrogens (tertiary/aromatic N) is 4. The molecule has 4 nitrogen and oxygen atoms in total. The standard InChI is InChI=1S/C24H24N4/c25-13-7-12-23-21(14-26)22(17-27(23)15-19-8-3-1-4-9-19)24-18-28(24)16-20-10-5-2-6-11-20/h1-12,21-24H,15-18H2/b12-7-/t21-,22-,23-,24-,28?/m0/s1. The van der Waals surface area contributed by atoms with E-state index < -0.39 is 0 Å². The predicted molar refractivity (Wildman–Crippen MR) is 109 cm³/mol. The number of allylic oxidation sites excluding steroid dienone is 1. The van der Waals surface area contributed by atoms with Crippen molar-refractivity contribution in [1.29, 1.82) is 10.5 Å². The first-order valence-electron chi connectivity index (χ1n) is 9.82. The number of rotatable bonds is 6. The normalized spacial score (nSPS) is 29.4. The van der Waals surface area contributed by atoms with Gasteiger partial charge in [-0.2, -0.15) is 10.5 Å².